The van der Waals surface area contributed by atoms with Crippen molar-refractivity contribution in [1.82, 2.24) is 0 Å². The smallest absolute Gasteiger partial charge is 0.306 e. The lowest BCUT2D eigenvalue weighted by Gasteiger charge is -2.23. The first-order valence-corrected chi connectivity index (χ1v) is 6.66. The number of ether oxygens (including phenoxy) is 1. The third-order valence-electron chi connectivity index (χ3n) is 3.36. The van der Waals surface area contributed by atoms with Gasteiger partial charge in [0.2, 0.25) is 0 Å². The van der Waals surface area contributed by atoms with Gasteiger partial charge in [-0.2, -0.15) is 0 Å². The Balaban J connectivity index is 2.90. The summed E-state index contributed by atoms with van der Waals surface area (Å²) >= 11 is 0. The van der Waals surface area contributed by atoms with Gasteiger partial charge in [-0.3, -0.25) is 4.79 Å². The third kappa shape index (κ3) is 4.27. The van der Waals surface area contributed by atoms with Gasteiger partial charge < -0.3 is 9.84 Å². The van der Waals surface area contributed by atoms with Crippen LogP contribution in [0.5, 0.6) is 5.75 Å². The minimum atomic E-state index is -0.732. The molecule has 3 heteroatoms. The fraction of sp³-hybridized carbons (Fsp3) is 0.562. The summed E-state index contributed by atoms with van der Waals surface area (Å²) in [7, 11) is 1.68. The Morgan fingerprint density at radius 1 is 1.37 bits per heavy atom. The Bertz CT molecular complexity index is 444. The van der Waals surface area contributed by atoms with E-state index >= 15 is 0 Å². The van der Waals surface area contributed by atoms with Gasteiger partial charge in [0.1, 0.15) is 5.75 Å². The molecule has 0 aliphatic carbocycles. The molecule has 0 aliphatic rings. The van der Waals surface area contributed by atoms with Gasteiger partial charge in [-0.1, -0.05) is 39.8 Å². The molecular formula is C16H24O3. The van der Waals surface area contributed by atoms with Crippen molar-refractivity contribution < 1.29 is 14.6 Å². The quantitative estimate of drug-likeness (QED) is 0.883. The number of aryl methyl sites for hydroxylation is 1. The van der Waals surface area contributed by atoms with Crippen LogP contribution in [0.15, 0.2) is 18.2 Å². The van der Waals surface area contributed by atoms with E-state index in [1.165, 1.54) is 5.56 Å². The Hall–Kier alpha value is -1.51. The van der Waals surface area contributed by atoms with Gasteiger partial charge in [-0.15, -0.1) is 0 Å². The zero-order valence-electron chi connectivity index (χ0n) is 12.5. The van der Waals surface area contributed by atoms with Crippen LogP contribution in [0.2, 0.25) is 0 Å². The van der Waals surface area contributed by atoms with Gasteiger partial charge in [-0.05, 0) is 35.4 Å². The van der Waals surface area contributed by atoms with Crippen LogP contribution in [-0.4, -0.2) is 18.2 Å². The van der Waals surface area contributed by atoms with E-state index < -0.39 is 5.97 Å². The summed E-state index contributed by atoms with van der Waals surface area (Å²) in [6.07, 6.45) is 1.44. The zero-order valence-corrected chi connectivity index (χ0v) is 12.5. The van der Waals surface area contributed by atoms with Crippen molar-refractivity contribution in [3.63, 3.8) is 0 Å². The van der Waals surface area contributed by atoms with E-state index in [9.17, 15) is 4.79 Å². The van der Waals surface area contributed by atoms with Crippen molar-refractivity contribution in [2.24, 2.45) is 5.92 Å². The highest BCUT2D eigenvalue weighted by atomic mass is 16.5. The lowest BCUT2D eigenvalue weighted by atomic mass is 9.84. The van der Waals surface area contributed by atoms with E-state index in [0.717, 1.165) is 17.7 Å². The molecule has 0 saturated heterocycles. The van der Waals surface area contributed by atoms with E-state index in [0.29, 0.717) is 6.42 Å². The number of rotatable bonds is 5. The molecule has 0 saturated carbocycles. The van der Waals surface area contributed by atoms with E-state index in [4.69, 9.17) is 9.84 Å². The summed E-state index contributed by atoms with van der Waals surface area (Å²) in [6, 6.07) is 6.12. The molecule has 1 N–H and O–H groups in total. The van der Waals surface area contributed by atoms with Gasteiger partial charge in [0.15, 0.2) is 0 Å². The van der Waals surface area contributed by atoms with Crippen LogP contribution >= 0.6 is 0 Å². The number of carboxylic acids is 1. The lowest BCUT2D eigenvalue weighted by molar-refractivity contribution is -0.141. The van der Waals surface area contributed by atoms with Gasteiger partial charge in [0, 0.05) is 0 Å². The standard InChI is InChI=1S/C16H24O3/c1-11(15(17)18)6-7-12-8-9-14(19-5)13(10-12)16(2,3)4/h8-11H,6-7H2,1-5H3,(H,17,18). The summed E-state index contributed by atoms with van der Waals surface area (Å²) in [4.78, 5) is 10.8. The molecule has 0 amide bonds. The number of carboxylic acid groups (broad SMARTS) is 1. The number of aliphatic carboxylic acids is 1. The highest BCUT2D eigenvalue weighted by Gasteiger charge is 2.19. The predicted molar refractivity (Wildman–Crippen MR) is 76.8 cm³/mol. The van der Waals surface area contributed by atoms with Crippen LogP contribution in [0.1, 0.15) is 45.2 Å². The summed E-state index contributed by atoms with van der Waals surface area (Å²) in [5.41, 5.74) is 2.34. The van der Waals surface area contributed by atoms with Crippen molar-refractivity contribution in [3.05, 3.63) is 29.3 Å². The van der Waals surface area contributed by atoms with Crippen molar-refractivity contribution in [1.29, 1.82) is 0 Å². The lowest BCUT2D eigenvalue weighted by Crippen LogP contribution is -2.14. The molecule has 0 aliphatic heterocycles. The van der Waals surface area contributed by atoms with Crippen molar-refractivity contribution in [2.75, 3.05) is 7.11 Å². The van der Waals surface area contributed by atoms with E-state index in [-0.39, 0.29) is 11.3 Å². The maximum Gasteiger partial charge on any atom is 0.306 e. The molecule has 0 aromatic heterocycles. The molecule has 1 aromatic carbocycles. The van der Waals surface area contributed by atoms with Crippen molar-refractivity contribution in [2.45, 2.75) is 46.0 Å². The normalized spacial score (nSPS) is 13.1. The number of hydrogen-bond acceptors (Lipinski definition) is 2. The Labute approximate surface area is 115 Å². The predicted octanol–water partition coefficient (Wildman–Crippen LogP) is 3.65. The number of methoxy groups -OCH3 is 1. The van der Waals surface area contributed by atoms with Crippen LogP contribution < -0.4 is 4.74 Å². The molecule has 19 heavy (non-hydrogen) atoms. The maximum absolute atomic E-state index is 10.8. The van der Waals surface area contributed by atoms with Crippen LogP contribution in [0.3, 0.4) is 0 Å². The van der Waals surface area contributed by atoms with Gasteiger partial charge in [-0.25, -0.2) is 0 Å². The Kier molecular flexibility index (Phi) is 4.98. The number of carbonyl (C=O) groups is 1. The third-order valence-corrected chi connectivity index (χ3v) is 3.36. The largest absolute Gasteiger partial charge is 0.496 e. The minimum Gasteiger partial charge on any atom is -0.496 e. The number of hydrogen-bond donors (Lipinski definition) is 1. The summed E-state index contributed by atoms with van der Waals surface area (Å²) in [5, 5.41) is 8.91. The van der Waals surface area contributed by atoms with Crippen LogP contribution in [0.25, 0.3) is 0 Å². The first-order valence-electron chi connectivity index (χ1n) is 6.66. The van der Waals surface area contributed by atoms with Gasteiger partial charge in [0.05, 0.1) is 13.0 Å². The zero-order chi connectivity index (χ0) is 14.6. The molecule has 0 spiro atoms. The van der Waals surface area contributed by atoms with E-state index in [1.807, 2.05) is 12.1 Å². The van der Waals surface area contributed by atoms with Crippen LogP contribution in [0, 0.1) is 5.92 Å². The maximum atomic E-state index is 10.8. The topological polar surface area (TPSA) is 46.5 Å². The molecule has 3 nitrogen and oxygen atoms in total. The minimum absolute atomic E-state index is 0.0137. The second kappa shape index (κ2) is 6.09. The monoisotopic (exact) mass is 264 g/mol. The molecule has 1 atom stereocenters. The summed E-state index contributed by atoms with van der Waals surface area (Å²) in [6.45, 7) is 8.19. The average Bonchev–Trinajstić information content (AvgIpc) is 2.34. The fourth-order valence-corrected chi connectivity index (χ4v) is 2.00. The highest BCUT2D eigenvalue weighted by molar-refractivity contribution is 5.69. The van der Waals surface area contributed by atoms with Gasteiger partial charge >= 0.3 is 5.97 Å². The first-order chi connectivity index (χ1) is 8.75. The molecule has 0 radical (unpaired) electrons. The van der Waals surface area contributed by atoms with Crippen LogP contribution in [0.4, 0.5) is 0 Å². The molecule has 1 aromatic rings. The highest BCUT2D eigenvalue weighted by Crippen LogP contribution is 2.32. The first kappa shape index (κ1) is 15.5. The van der Waals surface area contributed by atoms with Crippen molar-refractivity contribution in [3.8, 4) is 5.75 Å². The SMILES string of the molecule is COc1ccc(CCC(C)C(=O)O)cc1C(C)(C)C. The summed E-state index contributed by atoms with van der Waals surface area (Å²) in [5.74, 6) is -0.146. The molecule has 0 heterocycles. The number of benzene rings is 1. The molecule has 1 unspecified atom stereocenters. The molecular weight excluding hydrogens is 240 g/mol. The molecule has 0 fully saturated rings. The molecule has 106 valence electrons. The Morgan fingerprint density at radius 3 is 2.47 bits per heavy atom. The fourth-order valence-electron chi connectivity index (χ4n) is 2.00. The van der Waals surface area contributed by atoms with Crippen LogP contribution in [-0.2, 0) is 16.6 Å². The molecule has 0 bridgehead atoms. The second-order valence-corrected chi connectivity index (χ2v) is 6.06. The van der Waals surface area contributed by atoms with E-state index in [2.05, 4.69) is 26.8 Å². The average molecular weight is 264 g/mol. The second-order valence-electron chi connectivity index (χ2n) is 6.06. The molecule has 1 rings (SSSR count). The summed E-state index contributed by atoms with van der Waals surface area (Å²) < 4.78 is 5.40. The Morgan fingerprint density at radius 2 is 2.00 bits per heavy atom. The van der Waals surface area contributed by atoms with Gasteiger partial charge in [0.25, 0.3) is 0 Å². The van der Waals surface area contributed by atoms with E-state index in [1.54, 1.807) is 14.0 Å². The van der Waals surface area contributed by atoms with Crippen molar-refractivity contribution >= 4 is 5.97 Å².